The number of aryl methyl sites for hydroxylation is 2. The summed E-state index contributed by atoms with van der Waals surface area (Å²) in [6.45, 7) is 5.68. The lowest BCUT2D eigenvalue weighted by atomic mass is 10.2. The van der Waals surface area contributed by atoms with Crippen molar-refractivity contribution in [1.29, 1.82) is 0 Å². The monoisotopic (exact) mass is 382 g/mol. The molecule has 3 rings (SSSR count). The molecular weight excluding hydrogens is 360 g/mol. The molecule has 1 N–H and O–H groups in total. The van der Waals surface area contributed by atoms with Crippen LogP contribution in [-0.4, -0.2) is 23.3 Å². The maximum absolute atomic E-state index is 12.6. The zero-order valence-corrected chi connectivity index (χ0v) is 16.6. The SMILES string of the molecule is COc1ccc(SC(C)C(=O)Nc2cccc(-c3nc(C)c(C)o3)c2)cc1. The van der Waals surface area contributed by atoms with Crippen molar-refractivity contribution in [2.45, 2.75) is 30.9 Å². The minimum absolute atomic E-state index is 0.0623. The smallest absolute Gasteiger partial charge is 0.237 e. The van der Waals surface area contributed by atoms with Crippen LogP contribution in [0, 0.1) is 13.8 Å². The molecular formula is C21H22N2O3S. The average molecular weight is 382 g/mol. The highest BCUT2D eigenvalue weighted by Gasteiger charge is 2.16. The number of carbonyl (C=O) groups is 1. The highest BCUT2D eigenvalue weighted by Crippen LogP contribution is 2.27. The van der Waals surface area contributed by atoms with Gasteiger partial charge in [0.2, 0.25) is 11.8 Å². The Morgan fingerprint density at radius 1 is 1.19 bits per heavy atom. The van der Waals surface area contributed by atoms with E-state index in [4.69, 9.17) is 9.15 Å². The second-order valence-electron chi connectivity index (χ2n) is 6.17. The van der Waals surface area contributed by atoms with Gasteiger partial charge in [0.1, 0.15) is 11.5 Å². The van der Waals surface area contributed by atoms with E-state index < -0.39 is 0 Å². The van der Waals surface area contributed by atoms with Crippen LogP contribution in [0.25, 0.3) is 11.5 Å². The van der Waals surface area contributed by atoms with Crippen LogP contribution >= 0.6 is 11.8 Å². The largest absolute Gasteiger partial charge is 0.497 e. The van der Waals surface area contributed by atoms with Gasteiger partial charge in [0.25, 0.3) is 0 Å². The third kappa shape index (κ3) is 4.71. The lowest BCUT2D eigenvalue weighted by Gasteiger charge is -2.12. The first-order valence-electron chi connectivity index (χ1n) is 8.62. The summed E-state index contributed by atoms with van der Waals surface area (Å²) < 4.78 is 10.8. The molecule has 0 saturated heterocycles. The number of amides is 1. The molecule has 0 saturated carbocycles. The number of nitrogens with zero attached hydrogens (tertiary/aromatic N) is 1. The molecule has 2 aromatic carbocycles. The number of anilines is 1. The van der Waals surface area contributed by atoms with E-state index in [1.165, 1.54) is 11.8 Å². The number of rotatable bonds is 6. The van der Waals surface area contributed by atoms with Gasteiger partial charge in [-0.2, -0.15) is 0 Å². The fraction of sp³-hybridized carbons (Fsp3) is 0.238. The molecule has 6 heteroatoms. The van der Waals surface area contributed by atoms with Gasteiger partial charge in [-0.1, -0.05) is 6.07 Å². The number of aromatic nitrogens is 1. The molecule has 1 aromatic heterocycles. The van der Waals surface area contributed by atoms with Crippen LogP contribution in [0.1, 0.15) is 18.4 Å². The first-order valence-corrected chi connectivity index (χ1v) is 9.50. The summed E-state index contributed by atoms with van der Waals surface area (Å²) in [6.07, 6.45) is 0. The van der Waals surface area contributed by atoms with Crippen molar-refractivity contribution in [3.05, 3.63) is 60.0 Å². The fourth-order valence-electron chi connectivity index (χ4n) is 2.48. The quantitative estimate of drug-likeness (QED) is 0.602. The molecule has 1 amide bonds. The molecule has 0 fully saturated rings. The van der Waals surface area contributed by atoms with Crippen molar-refractivity contribution >= 4 is 23.4 Å². The zero-order chi connectivity index (χ0) is 19.4. The number of ether oxygens (including phenoxy) is 1. The number of hydrogen-bond donors (Lipinski definition) is 1. The molecule has 5 nitrogen and oxygen atoms in total. The summed E-state index contributed by atoms with van der Waals surface area (Å²) in [5.74, 6) is 2.09. The Hall–Kier alpha value is -2.73. The van der Waals surface area contributed by atoms with Gasteiger partial charge < -0.3 is 14.5 Å². The van der Waals surface area contributed by atoms with Crippen molar-refractivity contribution in [1.82, 2.24) is 4.98 Å². The van der Waals surface area contributed by atoms with Gasteiger partial charge in [-0.25, -0.2) is 4.98 Å². The van der Waals surface area contributed by atoms with Crippen LogP contribution in [0.4, 0.5) is 5.69 Å². The van der Waals surface area contributed by atoms with Gasteiger partial charge in [-0.15, -0.1) is 11.8 Å². The highest BCUT2D eigenvalue weighted by atomic mass is 32.2. The van der Waals surface area contributed by atoms with Crippen molar-refractivity contribution in [3.63, 3.8) is 0 Å². The Morgan fingerprint density at radius 3 is 2.56 bits per heavy atom. The van der Waals surface area contributed by atoms with Crippen LogP contribution in [0.5, 0.6) is 5.75 Å². The second kappa shape index (κ2) is 8.31. The predicted octanol–water partition coefficient (Wildman–Crippen LogP) is 5.09. The highest BCUT2D eigenvalue weighted by molar-refractivity contribution is 8.00. The topological polar surface area (TPSA) is 64.4 Å². The standard InChI is InChI=1S/C21H22N2O3S/c1-13-14(2)26-21(22-13)16-6-5-7-17(12-16)23-20(24)15(3)27-19-10-8-18(25-4)9-11-19/h5-12,15H,1-4H3,(H,23,24). The van der Waals surface area contributed by atoms with Crippen LogP contribution in [0.3, 0.4) is 0 Å². The molecule has 0 aliphatic heterocycles. The summed E-state index contributed by atoms with van der Waals surface area (Å²) in [5, 5.41) is 2.72. The molecule has 0 aliphatic rings. The van der Waals surface area contributed by atoms with Crippen LogP contribution in [0.15, 0.2) is 57.8 Å². The van der Waals surface area contributed by atoms with Gasteiger partial charge in [0.15, 0.2) is 0 Å². The third-order valence-corrected chi connectivity index (χ3v) is 5.26. The van der Waals surface area contributed by atoms with E-state index in [2.05, 4.69) is 10.3 Å². The Kier molecular flexibility index (Phi) is 5.86. The number of benzene rings is 2. The van der Waals surface area contributed by atoms with E-state index in [-0.39, 0.29) is 11.2 Å². The molecule has 27 heavy (non-hydrogen) atoms. The first-order chi connectivity index (χ1) is 13.0. The minimum atomic E-state index is -0.242. The van der Waals surface area contributed by atoms with E-state index in [9.17, 15) is 4.79 Å². The average Bonchev–Trinajstić information content (AvgIpc) is 3.01. The van der Waals surface area contributed by atoms with Crippen molar-refractivity contribution in [2.24, 2.45) is 0 Å². The summed E-state index contributed by atoms with van der Waals surface area (Å²) in [5.41, 5.74) is 2.41. The molecule has 1 atom stereocenters. The van der Waals surface area contributed by atoms with E-state index in [0.29, 0.717) is 11.6 Å². The maximum Gasteiger partial charge on any atom is 0.237 e. The number of nitrogens with one attached hydrogen (secondary N) is 1. The number of thioether (sulfide) groups is 1. The Bertz CT molecular complexity index is 915. The molecule has 140 valence electrons. The lowest BCUT2D eigenvalue weighted by Crippen LogP contribution is -2.22. The normalized spacial score (nSPS) is 11.9. The third-order valence-electron chi connectivity index (χ3n) is 4.15. The number of carbonyl (C=O) groups excluding carboxylic acids is 1. The molecule has 0 aliphatic carbocycles. The first kappa shape index (κ1) is 19.0. The van der Waals surface area contributed by atoms with E-state index >= 15 is 0 Å². The van der Waals surface area contributed by atoms with E-state index in [1.807, 2.05) is 69.3 Å². The summed E-state index contributed by atoms with van der Waals surface area (Å²) in [7, 11) is 1.63. The van der Waals surface area contributed by atoms with Gasteiger partial charge in [-0.05, 0) is 63.2 Å². The summed E-state index contributed by atoms with van der Waals surface area (Å²) in [6, 6.07) is 15.2. The van der Waals surface area contributed by atoms with Gasteiger partial charge in [0.05, 0.1) is 18.1 Å². The molecule has 1 heterocycles. The van der Waals surface area contributed by atoms with E-state index in [1.54, 1.807) is 7.11 Å². The maximum atomic E-state index is 12.6. The Labute approximate surface area is 163 Å². The van der Waals surface area contributed by atoms with Crippen LogP contribution < -0.4 is 10.1 Å². The van der Waals surface area contributed by atoms with Gasteiger partial charge >= 0.3 is 0 Å². The van der Waals surface area contributed by atoms with E-state index in [0.717, 1.165) is 27.7 Å². The van der Waals surface area contributed by atoms with Gasteiger partial charge in [-0.3, -0.25) is 4.79 Å². The predicted molar refractivity (Wildman–Crippen MR) is 108 cm³/mol. The Balaban J connectivity index is 1.67. The number of oxazole rings is 1. The van der Waals surface area contributed by atoms with Crippen LogP contribution in [0.2, 0.25) is 0 Å². The lowest BCUT2D eigenvalue weighted by molar-refractivity contribution is -0.115. The molecule has 3 aromatic rings. The number of methoxy groups -OCH3 is 1. The second-order valence-corrected chi connectivity index (χ2v) is 7.58. The van der Waals surface area contributed by atoms with Crippen molar-refractivity contribution in [2.75, 3.05) is 12.4 Å². The number of hydrogen-bond acceptors (Lipinski definition) is 5. The van der Waals surface area contributed by atoms with Crippen molar-refractivity contribution in [3.8, 4) is 17.2 Å². The molecule has 1 unspecified atom stereocenters. The summed E-state index contributed by atoms with van der Waals surface area (Å²) >= 11 is 1.50. The molecule has 0 radical (unpaired) electrons. The zero-order valence-electron chi connectivity index (χ0n) is 15.8. The molecule has 0 bridgehead atoms. The van der Waals surface area contributed by atoms with Crippen molar-refractivity contribution < 1.29 is 13.9 Å². The molecule has 0 spiro atoms. The minimum Gasteiger partial charge on any atom is -0.497 e. The Morgan fingerprint density at radius 2 is 1.93 bits per heavy atom. The summed E-state index contributed by atoms with van der Waals surface area (Å²) in [4.78, 5) is 18.0. The van der Waals surface area contributed by atoms with Gasteiger partial charge in [0, 0.05) is 16.1 Å². The fourth-order valence-corrected chi connectivity index (χ4v) is 3.35. The van der Waals surface area contributed by atoms with Crippen LogP contribution in [-0.2, 0) is 4.79 Å².